The van der Waals surface area contributed by atoms with Gasteiger partial charge in [-0.2, -0.15) is 0 Å². The molecule has 138 valence electrons. The molecular weight excluding hydrogens is 383 g/mol. The monoisotopic (exact) mass is 400 g/mol. The molecule has 2 aromatic carbocycles. The maximum Gasteiger partial charge on any atom is 1.00 e. The molecule has 0 atom stereocenters. The zero-order valence-electron chi connectivity index (χ0n) is 15.0. The minimum Gasteiger partial charge on any atom is -0.744 e. The molecule has 2 aromatic rings. The molecule has 27 heavy (non-hydrogen) atoms. The van der Waals surface area contributed by atoms with E-state index < -0.39 is 32.7 Å². The third-order valence-corrected chi connectivity index (χ3v) is 4.27. The summed E-state index contributed by atoms with van der Waals surface area (Å²) in [5.74, 6) is -2.07. The summed E-state index contributed by atoms with van der Waals surface area (Å²) in [6.45, 7) is 2.14. The van der Waals surface area contributed by atoms with E-state index in [1.54, 1.807) is 18.2 Å². The molecule has 0 spiro atoms. The van der Waals surface area contributed by atoms with Crippen molar-refractivity contribution in [3.63, 3.8) is 0 Å². The molecule has 0 saturated heterocycles. The van der Waals surface area contributed by atoms with Crippen LogP contribution in [0.1, 0.15) is 40.5 Å². The van der Waals surface area contributed by atoms with Crippen LogP contribution in [0.25, 0.3) is 0 Å². The molecule has 2 rings (SSSR count). The molecule has 0 radical (unpaired) electrons. The van der Waals surface area contributed by atoms with Gasteiger partial charge in [-0.1, -0.05) is 31.5 Å². The second-order valence-electron chi connectivity index (χ2n) is 5.36. The molecule has 0 unspecified atom stereocenters. The molecule has 0 aliphatic carbocycles. The van der Waals surface area contributed by atoms with Crippen molar-refractivity contribution in [2.75, 3.05) is 6.61 Å². The smallest absolute Gasteiger partial charge is 0.744 e. The Morgan fingerprint density at radius 3 is 2.26 bits per heavy atom. The van der Waals surface area contributed by atoms with Crippen molar-refractivity contribution in [2.24, 2.45) is 0 Å². The molecule has 0 saturated carbocycles. The standard InChI is InChI=1S/C18H18O7S.Na/c1-2-3-11-24-17(19)14-9-10-16(26(21,22)23)15(12-14)25-18(20)13-7-5-4-6-8-13;/h4-10,12H,2-3,11H2,1H3,(H,21,22,23);/q;+1/p-1. The molecular formula is C18H17NaO7S. The van der Waals surface area contributed by atoms with Crippen LogP contribution in [0.3, 0.4) is 0 Å². The van der Waals surface area contributed by atoms with Crippen molar-refractivity contribution < 1.29 is 61.6 Å². The van der Waals surface area contributed by atoms with Gasteiger partial charge in [0.15, 0.2) is 0 Å². The first-order valence-corrected chi connectivity index (χ1v) is 9.28. The van der Waals surface area contributed by atoms with Gasteiger partial charge in [0.25, 0.3) is 0 Å². The SMILES string of the molecule is CCCCOC(=O)c1ccc(S(=O)(=O)[O-])c(OC(=O)c2ccccc2)c1.[Na+]. The van der Waals surface area contributed by atoms with Crippen LogP contribution in [0.2, 0.25) is 0 Å². The van der Waals surface area contributed by atoms with E-state index >= 15 is 0 Å². The van der Waals surface area contributed by atoms with E-state index in [0.717, 1.165) is 24.6 Å². The number of carbonyl (C=O) groups excluding carboxylic acids is 2. The van der Waals surface area contributed by atoms with Gasteiger partial charge < -0.3 is 14.0 Å². The van der Waals surface area contributed by atoms with Gasteiger partial charge in [0.05, 0.1) is 22.6 Å². The average Bonchev–Trinajstić information content (AvgIpc) is 2.61. The Bertz CT molecular complexity index is 895. The number of esters is 2. The van der Waals surface area contributed by atoms with Crippen molar-refractivity contribution in [3.8, 4) is 5.75 Å². The maximum absolute atomic E-state index is 12.2. The fourth-order valence-electron chi connectivity index (χ4n) is 2.05. The predicted octanol–water partition coefficient (Wildman–Crippen LogP) is -0.229. The van der Waals surface area contributed by atoms with Crippen molar-refractivity contribution in [1.82, 2.24) is 0 Å². The summed E-state index contributed by atoms with van der Waals surface area (Å²) in [5.41, 5.74) is 0.141. The summed E-state index contributed by atoms with van der Waals surface area (Å²) in [6.07, 6.45) is 1.51. The van der Waals surface area contributed by atoms with Crippen LogP contribution < -0.4 is 34.3 Å². The zero-order chi connectivity index (χ0) is 19.2. The Morgan fingerprint density at radius 2 is 1.67 bits per heavy atom. The van der Waals surface area contributed by atoms with Crippen molar-refractivity contribution >= 4 is 22.1 Å². The van der Waals surface area contributed by atoms with Gasteiger partial charge in [0.2, 0.25) is 0 Å². The summed E-state index contributed by atoms with van der Waals surface area (Å²) >= 11 is 0. The molecule has 0 heterocycles. The van der Waals surface area contributed by atoms with Crippen molar-refractivity contribution in [3.05, 3.63) is 59.7 Å². The summed E-state index contributed by atoms with van der Waals surface area (Å²) in [6, 6.07) is 10.9. The molecule has 0 aliphatic rings. The van der Waals surface area contributed by atoms with E-state index in [9.17, 15) is 22.6 Å². The minimum absolute atomic E-state index is 0. The van der Waals surface area contributed by atoms with Gasteiger partial charge in [-0.15, -0.1) is 0 Å². The Labute approximate surface area is 179 Å². The molecule has 0 N–H and O–H groups in total. The summed E-state index contributed by atoms with van der Waals surface area (Å²) < 4.78 is 44.3. The van der Waals surface area contributed by atoms with E-state index in [1.165, 1.54) is 12.1 Å². The van der Waals surface area contributed by atoms with Crippen molar-refractivity contribution in [2.45, 2.75) is 24.7 Å². The van der Waals surface area contributed by atoms with E-state index in [-0.39, 0.29) is 47.3 Å². The Hall–Kier alpha value is -1.71. The van der Waals surface area contributed by atoms with Gasteiger partial charge in [0, 0.05) is 0 Å². The third-order valence-electron chi connectivity index (χ3n) is 3.39. The molecule has 9 heteroatoms. The van der Waals surface area contributed by atoms with Crippen LogP contribution in [0, 0.1) is 0 Å². The van der Waals surface area contributed by atoms with Crippen LogP contribution in [-0.2, 0) is 14.9 Å². The van der Waals surface area contributed by atoms with Gasteiger partial charge in [-0.3, -0.25) is 0 Å². The molecule has 0 aromatic heterocycles. The third kappa shape index (κ3) is 6.75. The van der Waals surface area contributed by atoms with Crippen LogP contribution >= 0.6 is 0 Å². The first-order chi connectivity index (χ1) is 12.3. The molecule has 0 fully saturated rings. The number of carbonyl (C=O) groups is 2. The average molecular weight is 400 g/mol. The van der Waals surface area contributed by atoms with Gasteiger partial charge >= 0.3 is 41.5 Å². The zero-order valence-corrected chi connectivity index (χ0v) is 17.8. The number of hydrogen-bond donors (Lipinski definition) is 0. The predicted molar refractivity (Wildman–Crippen MR) is 91.0 cm³/mol. The topological polar surface area (TPSA) is 110 Å². The molecule has 0 aliphatic heterocycles. The fourth-order valence-corrected chi connectivity index (χ4v) is 2.63. The van der Waals surface area contributed by atoms with Gasteiger partial charge in [0.1, 0.15) is 15.9 Å². The summed E-state index contributed by atoms with van der Waals surface area (Å²) in [4.78, 5) is 23.4. The summed E-state index contributed by atoms with van der Waals surface area (Å²) in [7, 11) is -4.90. The van der Waals surface area contributed by atoms with E-state index in [0.29, 0.717) is 6.42 Å². The molecule has 0 amide bonds. The van der Waals surface area contributed by atoms with Crippen LogP contribution in [0.5, 0.6) is 5.75 Å². The summed E-state index contributed by atoms with van der Waals surface area (Å²) in [5, 5.41) is 0. The normalized spacial score (nSPS) is 10.6. The second-order valence-corrected chi connectivity index (χ2v) is 6.71. The van der Waals surface area contributed by atoms with Crippen molar-refractivity contribution in [1.29, 1.82) is 0 Å². The number of ether oxygens (including phenoxy) is 2. The van der Waals surface area contributed by atoms with Gasteiger partial charge in [-0.05, 0) is 36.8 Å². The number of hydrogen-bond acceptors (Lipinski definition) is 7. The number of benzene rings is 2. The number of rotatable bonds is 7. The maximum atomic E-state index is 12.2. The largest absolute Gasteiger partial charge is 1.00 e. The van der Waals surface area contributed by atoms with Crippen LogP contribution in [0.4, 0.5) is 0 Å². The van der Waals surface area contributed by atoms with Crippen LogP contribution in [0.15, 0.2) is 53.4 Å². The Kier molecular flexibility index (Phi) is 9.14. The minimum atomic E-state index is -4.90. The molecule has 0 bridgehead atoms. The number of unbranched alkanes of at least 4 members (excludes halogenated alkanes) is 1. The molecule has 7 nitrogen and oxygen atoms in total. The first-order valence-electron chi connectivity index (χ1n) is 7.87. The Morgan fingerprint density at radius 1 is 1.00 bits per heavy atom. The van der Waals surface area contributed by atoms with E-state index in [4.69, 9.17) is 9.47 Å². The second kappa shape index (κ2) is 10.6. The first kappa shape index (κ1) is 23.3. The van der Waals surface area contributed by atoms with Crippen LogP contribution in [-0.4, -0.2) is 31.5 Å². The quantitative estimate of drug-likeness (QED) is 0.208. The van der Waals surface area contributed by atoms with E-state index in [1.807, 2.05) is 6.92 Å². The van der Waals surface area contributed by atoms with E-state index in [2.05, 4.69) is 0 Å². The fraction of sp³-hybridized carbons (Fsp3) is 0.222. The Balaban J connectivity index is 0.00000364. The van der Waals surface area contributed by atoms with Gasteiger partial charge in [-0.25, -0.2) is 18.0 Å².